The van der Waals surface area contributed by atoms with Crippen molar-refractivity contribution in [2.24, 2.45) is 0 Å². The van der Waals surface area contributed by atoms with Crippen molar-refractivity contribution in [3.05, 3.63) is 93.4 Å². The molecule has 160 valence electrons. The first kappa shape index (κ1) is 22.9. The van der Waals surface area contributed by atoms with Gasteiger partial charge in [-0.25, -0.2) is 0 Å². The lowest BCUT2D eigenvalue weighted by atomic mass is 10.0. The molecule has 8 heteroatoms. The monoisotopic (exact) mass is 546 g/mol. The maximum Gasteiger partial charge on any atom is 0.248 e. The van der Waals surface area contributed by atoms with Gasteiger partial charge in [0.2, 0.25) is 5.91 Å². The summed E-state index contributed by atoms with van der Waals surface area (Å²) in [4.78, 5) is 12.4. The molecule has 31 heavy (non-hydrogen) atoms. The third-order valence-corrected chi connectivity index (χ3v) is 5.42. The van der Waals surface area contributed by atoms with Crippen LogP contribution in [0, 0.1) is 0 Å². The zero-order valence-electron chi connectivity index (χ0n) is 16.2. The van der Waals surface area contributed by atoms with Gasteiger partial charge >= 0.3 is 0 Å². The van der Waals surface area contributed by atoms with E-state index in [4.69, 9.17) is 10.5 Å². The number of amides is 1. The molecule has 3 aromatic rings. The first-order valence-corrected chi connectivity index (χ1v) is 10.8. The molecular formula is C23H20Br2N2O4. The second kappa shape index (κ2) is 10.5. The molecule has 2 atom stereocenters. The fourth-order valence-corrected chi connectivity index (χ4v) is 4.08. The predicted octanol–water partition coefficient (Wildman–Crippen LogP) is 5.18. The molecule has 3 aromatic carbocycles. The first-order valence-electron chi connectivity index (χ1n) is 9.26. The van der Waals surface area contributed by atoms with Crippen molar-refractivity contribution in [2.45, 2.75) is 12.2 Å². The van der Waals surface area contributed by atoms with E-state index in [1.807, 2.05) is 6.07 Å². The maximum absolute atomic E-state index is 12.4. The minimum absolute atomic E-state index is 0.118. The summed E-state index contributed by atoms with van der Waals surface area (Å²) in [7, 11) is 0. The largest absolute Gasteiger partial charge is 0.506 e. The van der Waals surface area contributed by atoms with Crippen LogP contribution in [0.3, 0.4) is 0 Å². The van der Waals surface area contributed by atoms with Crippen LogP contribution in [-0.4, -0.2) is 22.2 Å². The Hall–Kier alpha value is -2.81. The third kappa shape index (κ3) is 6.10. The van der Waals surface area contributed by atoms with Gasteiger partial charge in [0.25, 0.3) is 0 Å². The molecule has 0 radical (unpaired) electrons. The highest BCUT2D eigenvalue weighted by atomic mass is 79.9. The first-order chi connectivity index (χ1) is 14.8. The molecule has 5 N–H and O–H groups in total. The molecule has 0 fully saturated rings. The number of nitrogens with two attached hydrogens (primary N) is 1. The molecule has 0 aliphatic carbocycles. The Labute approximate surface area is 196 Å². The van der Waals surface area contributed by atoms with Gasteiger partial charge < -0.3 is 26.0 Å². The second-order valence-electron chi connectivity index (χ2n) is 6.60. The number of halogens is 2. The number of benzene rings is 3. The lowest BCUT2D eigenvalue weighted by Crippen LogP contribution is -2.24. The van der Waals surface area contributed by atoms with Crippen molar-refractivity contribution < 1.29 is 19.7 Å². The molecule has 6 nitrogen and oxygen atoms in total. The van der Waals surface area contributed by atoms with E-state index in [1.165, 1.54) is 12.2 Å². The van der Waals surface area contributed by atoms with Gasteiger partial charge in [-0.15, -0.1) is 0 Å². The molecule has 0 saturated carbocycles. The summed E-state index contributed by atoms with van der Waals surface area (Å²) in [5.41, 5.74) is 7.01. The number of para-hydroxylation sites is 3. The molecule has 0 unspecified atom stereocenters. The van der Waals surface area contributed by atoms with Gasteiger partial charge in [0.05, 0.1) is 15.8 Å². The number of aromatic hydroxyl groups is 1. The van der Waals surface area contributed by atoms with Gasteiger partial charge in [0.15, 0.2) is 0 Å². The van der Waals surface area contributed by atoms with Crippen LogP contribution in [0.2, 0.25) is 0 Å². The van der Waals surface area contributed by atoms with Gasteiger partial charge in [-0.3, -0.25) is 4.79 Å². The van der Waals surface area contributed by atoms with Crippen molar-refractivity contribution in [1.82, 2.24) is 0 Å². The summed E-state index contributed by atoms with van der Waals surface area (Å²) in [6, 6.07) is 19.0. The standard InChI is InChI=1S/C23H20Br2N2O4/c24-14-12-16(22(29)17(25)13-14)23(30)20(31-15-6-2-1-3-7-15)10-11-21(28)27-19-9-5-4-8-18(19)26/h1-13,20,23,29-30H,26H2,(H,27,28)/b11-10+/t20-,23-/m0/s1. The molecule has 3 rings (SSSR count). The minimum atomic E-state index is -1.26. The van der Waals surface area contributed by atoms with Crippen molar-refractivity contribution in [3.63, 3.8) is 0 Å². The number of nitrogens with one attached hydrogen (secondary N) is 1. The lowest BCUT2D eigenvalue weighted by molar-refractivity contribution is -0.112. The summed E-state index contributed by atoms with van der Waals surface area (Å²) in [5, 5.41) is 24.1. The average molecular weight is 548 g/mol. The Balaban J connectivity index is 1.87. The number of hydrogen-bond acceptors (Lipinski definition) is 5. The Morgan fingerprint density at radius 2 is 1.74 bits per heavy atom. The highest BCUT2D eigenvalue weighted by Crippen LogP contribution is 2.37. The fraction of sp³-hybridized carbons (Fsp3) is 0.0870. The Morgan fingerprint density at radius 1 is 1.06 bits per heavy atom. The van der Waals surface area contributed by atoms with Crippen LogP contribution < -0.4 is 15.8 Å². The fourth-order valence-electron chi connectivity index (χ4n) is 2.82. The number of aliphatic hydroxyl groups is 1. The normalized spacial score (nSPS) is 13.0. The molecular weight excluding hydrogens is 528 g/mol. The summed E-state index contributed by atoms with van der Waals surface area (Å²) in [6.07, 6.45) is 0.460. The number of aliphatic hydroxyl groups excluding tert-OH is 1. The number of phenols is 1. The summed E-state index contributed by atoms with van der Waals surface area (Å²) < 4.78 is 6.98. The smallest absolute Gasteiger partial charge is 0.248 e. The number of hydrogen-bond donors (Lipinski definition) is 4. The van der Waals surface area contributed by atoms with Gasteiger partial charge in [-0.2, -0.15) is 0 Å². The van der Waals surface area contributed by atoms with Gasteiger partial charge in [-0.1, -0.05) is 46.3 Å². The van der Waals surface area contributed by atoms with Crippen LogP contribution in [0.4, 0.5) is 11.4 Å². The highest BCUT2D eigenvalue weighted by molar-refractivity contribution is 9.11. The number of carbonyl (C=O) groups excluding carboxylic acids is 1. The van der Waals surface area contributed by atoms with E-state index in [0.29, 0.717) is 26.1 Å². The van der Waals surface area contributed by atoms with Crippen LogP contribution in [-0.2, 0) is 4.79 Å². The highest BCUT2D eigenvalue weighted by Gasteiger charge is 2.25. The van der Waals surface area contributed by atoms with Crippen LogP contribution in [0.25, 0.3) is 0 Å². The van der Waals surface area contributed by atoms with Crippen LogP contribution in [0.15, 0.2) is 87.8 Å². The third-order valence-electron chi connectivity index (χ3n) is 4.36. The van der Waals surface area contributed by atoms with E-state index in [1.54, 1.807) is 60.7 Å². The lowest BCUT2D eigenvalue weighted by Gasteiger charge is -2.23. The van der Waals surface area contributed by atoms with E-state index < -0.39 is 18.1 Å². The molecule has 0 aromatic heterocycles. The molecule has 0 bridgehead atoms. The molecule has 0 heterocycles. The van der Waals surface area contributed by atoms with E-state index in [2.05, 4.69) is 37.2 Å². The topological polar surface area (TPSA) is 105 Å². The Bertz CT molecular complexity index is 1090. The molecule has 0 spiro atoms. The van der Waals surface area contributed by atoms with E-state index in [9.17, 15) is 15.0 Å². The van der Waals surface area contributed by atoms with E-state index in [-0.39, 0.29) is 11.3 Å². The Kier molecular flexibility index (Phi) is 7.73. The van der Waals surface area contributed by atoms with Crippen molar-refractivity contribution >= 4 is 49.1 Å². The van der Waals surface area contributed by atoms with Gasteiger partial charge in [-0.05, 0) is 58.4 Å². The van der Waals surface area contributed by atoms with E-state index in [0.717, 1.165) is 0 Å². The summed E-state index contributed by atoms with van der Waals surface area (Å²) >= 11 is 6.61. The summed E-state index contributed by atoms with van der Waals surface area (Å²) in [6.45, 7) is 0. The van der Waals surface area contributed by atoms with Crippen LogP contribution >= 0.6 is 31.9 Å². The Morgan fingerprint density at radius 3 is 2.45 bits per heavy atom. The number of rotatable bonds is 7. The SMILES string of the molecule is Nc1ccccc1NC(=O)/C=C/[C@H](Oc1ccccc1)[C@@H](O)c1cc(Br)cc(Br)c1O. The second-order valence-corrected chi connectivity index (χ2v) is 8.37. The van der Waals surface area contributed by atoms with Crippen molar-refractivity contribution in [3.8, 4) is 11.5 Å². The maximum atomic E-state index is 12.4. The van der Waals surface area contributed by atoms with E-state index >= 15 is 0 Å². The molecule has 1 amide bonds. The number of phenolic OH excluding ortho intramolecular Hbond substituents is 1. The number of carbonyl (C=O) groups is 1. The van der Waals surface area contributed by atoms with Crippen LogP contribution in [0.1, 0.15) is 11.7 Å². The average Bonchev–Trinajstić information content (AvgIpc) is 2.75. The summed E-state index contributed by atoms with van der Waals surface area (Å²) in [5.74, 6) is -0.0591. The zero-order chi connectivity index (χ0) is 22.4. The quantitative estimate of drug-likeness (QED) is 0.241. The van der Waals surface area contributed by atoms with Gasteiger partial charge in [0, 0.05) is 16.1 Å². The number of nitrogen functional groups attached to an aromatic ring is 1. The number of ether oxygens (including phenoxy) is 1. The zero-order valence-corrected chi connectivity index (χ0v) is 19.4. The van der Waals surface area contributed by atoms with Gasteiger partial charge in [0.1, 0.15) is 23.7 Å². The molecule has 0 aliphatic heterocycles. The minimum Gasteiger partial charge on any atom is -0.506 e. The van der Waals surface area contributed by atoms with Crippen molar-refractivity contribution in [2.75, 3.05) is 11.1 Å². The van der Waals surface area contributed by atoms with Crippen molar-refractivity contribution in [1.29, 1.82) is 0 Å². The molecule has 0 aliphatic rings. The predicted molar refractivity (Wildman–Crippen MR) is 128 cm³/mol. The number of anilines is 2. The molecule has 0 saturated heterocycles. The van der Waals surface area contributed by atoms with Crippen LogP contribution in [0.5, 0.6) is 11.5 Å².